The van der Waals surface area contributed by atoms with Gasteiger partial charge in [0, 0.05) is 30.8 Å². The first-order chi connectivity index (χ1) is 13.1. The van der Waals surface area contributed by atoms with Crippen molar-refractivity contribution >= 4 is 23.3 Å². The van der Waals surface area contributed by atoms with E-state index in [0.29, 0.717) is 11.6 Å². The van der Waals surface area contributed by atoms with Crippen LogP contribution in [0.2, 0.25) is 0 Å². The lowest BCUT2D eigenvalue weighted by Gasteiger charge is -2.27. The summed E-state index contributed by atoms with van der Waals surface area (Å²) in [6.07, 6.45) is 1.84. The molecule has 27 heavy (non-hydrogen) atoms. The van der Waals surface area contributed by atoms with Crippen molar-refractivity contribution in [2.75, 3.05) is 36.5 Å². The second kappa shape index (κ2) is 7.32. The van der Waals surface area contributed by atoms with Crippen LogP contribution in [0.4, 0.5) is 11.8 Å². The van der Waals surface area contributed by atoms with Crippen LogP contribution in [0.3, 0.4) is 0 Å². The molecule has 3 aromatic rings. The SMILES string of the molecule is CC(C)C(=O)Nc1nc2cccc(-c3ccc(N4CCOCC4)nc3)n2n1. The van der Waals surface area contributed by atoms with Crippen molar-refractivity contribution in [3.05, 3.63) is 36.5 Å². The van der Waals surface area contributed by atoms with E-state index < -0.39 is 0 Å². The molecule has 4 heterocycles. The van der Waals surface area contributed by atoms with Crippen molar-refractivity contribution in [2.24, 2.45) is 5.92 Å². The summed E-state index contributed by atoms with van der Waals surface area (Å²) in [5.74, 6) is 1.01. The molecule has 1 N–H and O–H groups in total. The largest absolute Gasteiger partial charge is 0.378 e. The Morgan fingerprint density at radius 2 is 2.00 bits per heavy atom. The zero-order valence-electron chi connectivity index (χ0n) is 15.4. The minimum atomic E-state index is -0.131. The highest BCUT2D eigenvalue weighted by atomic mass is 16.5. The molecule has 1 saturated heterocycles. The maximum Gasteiger partial charge on any atom is 0.249 e. The van der Waals surface area contributed by atoms with Gasteiger partial charge in [0.1, 0.15) is 5.82 Å². The molecule has 0 aliphatic carbocycles. The Kier molecular flexibility index (Phi) is 4.72. The summed E-state index contributed by atoms with van der Waals surface area (Å²) in [5.41, 5.74) is 2.47. The van der Waals surface area contributed by atoms with Crippen LogP contribution in [-0.2, 0) is 9.53 Å². The van der Waals surface area contributed by atoms with Crippen LogP contribution in [-0.4, -0.2) is 51.8 Å². The maximum atomic E-state index is 11.9. The maximum absolute atomic E-state index is 11.9. The standard InChI is InChI=1S/C19H22N6O2/c1-13(2)18(26)22-19-21-17-5-3-4-15(25(17)23-19)14-6-7-16(20-12-14)24-8-10-27-11-9-24/h3-7,12-13H,8-11H2,1-2H3,(H,22,23,26). The molecule has 8 heteroatoms. The van der Waals surface area contributed by atoms with E-state index in [4.69, 9.17) is 4.74 Å². The van der Waals surface area contributed by atoms with Crippen LogP contribution in [0.1, 0.15) is 13.8 Å². The monoisotopic (exact) mass is 366 g/mol. The normalized spacial score (nSPS) is 14.7. The van der Waals surface area contributed by atoms with E-state index in [1.165, 1.54) is 0 Å². The van der Waals surface area contributed by atoms with Crippen LogP contribution in [0.15, 0.2) is 36.5 Å². The molecule has 1 aliphatic heterocycles. The Hall–Kier alpha value is -3.00. The predicted octanol–water partition coefficient (Wildman–Crippen LogP) is 2.22. The molecule has 140 valence electrons. The lowest BCUT2D eigenvalue weighted by molar-refractivity contribution is -0.118. The van der Waals surface area contributed by atoms with Crippen molar-refractivity contribution in [3.63, 3.8) is 0 Å². The molecule has 1 amide bonds. The lowest BCUT2D eigenvalue weighted by atomic mass is 10.2. The minimum absolute atomic E-state index is 0.107. The Labute approximate surface area is 157 Å². The molecule has 8 nitrogen and oxygen atoms in total. The van der Waals surface area contributed by atoms with Crippen molar-refractivity contribution in [1.29, 1.82) is 0 Å². The van der Waals surface area contributed by atoms with Crippen LogP contribution >= 0.6 is 0 Å². The smallest absolute Gasteiger partial charge is 0.249 e. The molecule has 0 aromatic carbocycles. The summed E-state index contributed by atoms with van der Waals surface area (Å²) in [6, 6.07) is 9.78. The van der Waals surface area contributed by atoms with Crippen molar-refractivity contribution < 1.29 is 9.53 Å². The highest BCUT2D eigenvalue weighted by Crippen LogP contribution is 2.23. The Balaban J connectivity index is 1.63. The molecular weight excluding hydrogens is 344 g/mol. The summed E-state index contributed by atoms with van der Waals surface area (Å²) >= 11 is 0. The highest BCUT2D eigenvalue weighted by molar-refractivity contribution is 5.90. The van der Waals surface area contributed by atoms with Gasteiger partial charge in [-0.1, -0.05) is 19.9 Å². The number of nitrogens with one attached hydrogen (secondary N) is 1. The fourth-order valence-electron chi connectivity index (χ4n) is 2.95. The Morgan fingerprint density at radius 3 is 2.70 bits per heavy atom. The summed E-state index contributed by atoms with van der Waals surface area (Å²) in [7, 11) is 0. The van der Waals surface area contributed by atoms with E-state index in [0.717, 1.165) is 43.4 Å². The molecule has 0 bridgehead atoms. The first kappa shape index (κ1) is 17.4. The topological polar surface area (TPSA) is 84.7 Å². The van der Waals surface area contributed by atoms with Gasteiger partial charge >= 0.3 is 0 Å². The number of carbonyl (C=O) groups excluding carboxylic acids is 1. The van der Waals surface area contributed by atoms with Gasteiger partial charge in [0.25, 0.3) is 0 Å². The molecule has 0 spiro atoms. The zero-order chi connectivity index (χ0) is 18.8. The third-order valence-electron chi connectivity index (χ3n) is 4.50. The number of carbonyl (C=O) groups is 1. The molecule has 1 aliphatic rings. The first-order valence-corrected chi connectivity index (χ1v) is 9.07. The number of morpholine rings is 1. The second-order valence-electron chi connectivity index (χ2n) is 6.76. The van der Waals surface area contributed by atoms with E-state index in [2.05, 4.69) is 25.3 Å². The Bertz CT molecular complexity index is 944. The minimum Gasteiger partial charge on any atom is -0.378 e. The Morgan fingerprint density at radius 1 is 1.19 bits per heavy atom. The van der Waals surface area contributed by atoms with Crippen LogP contribution in [0.5, 0.6) is 0 Å². The quantitative estimate of drug-likeness (QED) is 0.762. The number of nitrogens with zero attached hydrogens (tertiary/aromatic N) is 5. The van der Waals surface area contributed by atoms with Crippen LogP contribution in [0, 0.1) is 5.92 Å². The third-order valence-corrected chi connectivity index (χ3v) is 4.50. The number of amides is 1. The van der Waals surface area contributed by atoms with E-state index in [-0.39, 0.29) is 11.8 Å². The van der Waals surface area contributed by atoms with Gasteiger partial charge in [-0.15, -0.1) is 5.10 Å². The van der Waals surface area contributed by atoms with E-state index in [9.17, 15) is 4.79 Å². The van der Waals surface area contributed by atoms with Gasteiger partial charge in [-0.3, -0.25) is 10.1 Å². The van der Waals surface area contributed by atoms with Gasteiger partial charge in [0.2, 0.25) is 11.9 Å². The van der Waals surface area contributed by atoms with E-state index in [1.54, 1.807) is 4.52 Å². The average Bonchev–Trinajstić information content (AvgIpc) is 3.11. The van der Waals surface area contributed by atoms with Crippen LogP contribution in [0.25, 0.3) is 16.9 Å². The van der Waals surface area contributed by atoms with Gasteiger partial charge in [-0.2, -0.15) is 4.98 Å². The number of ether oxygens (including phenoxy) is 1. The summed E-state index contributed by atoms with van der Waals surface area (Å²) in [5, 5.41) is 7.19. The fraction of sp³-hybridized carbons (Fsp3) is 0.368. The van der Waals surface area contributed by atoms with Gasteiger partial charge < -0.3 is 9.64 Å². The number of anilines is 2. The van der Waals surface area contributed by atoms with Gasteiger partial charge in [-0.25, -0.2) is 9.50 Å². The number of rotatable bonds is 4. The molecule has 0 unspecified atom stereocenters. The molecule has 0 saturated carbocycles. The molecular formula is C19H22N6O2. The second-order valence-corrected chi connectivity index (χ2v) is 6.76. The number of hydrogen-bond acceptors (Lipinski definition) is 6. The highest BCUT2D eigenvalue weighted by Gasteiger charge is 2.15. The fourth-order valence-corrected chi connectivity index (χ4v) is 2.95. The molecule has 3 aromatic heterocycles. The van der Waals surface area contributed by atoms with E-state index >= 15 is 0 Å². The number of aromatic nitrogens is 4. The third kappa shape index (κ3) is 3.61. The van der Waals surface area contributed by atoms with Crippen molar-refractivity contribution in [1.82, 2.24) is 19.6 Å². The summed E-state index contributed by atoms with van der Waals surface area (Å²) in [6.45, 7) is 6.82. The number of hydrogen-bond donors (Lipinski definition) is 1. The van der Waals surface area contributed by atoms with Crippen LogP contribution < -0.4 is 10.2 Å². The number of pyridine rings is 2. The van der Waals surface area contributed by atoms with Crippen molar-refractivity contribution in [2.45, 2.75) is 13.8 Å². The average molecular weight is 366 g/mol. The molecule has 0 radical (unpaired) electrons. The first-order valence-electron chi connectivity index (χ1n) is 9.07. The molecule has 1 fully saturated rings. The zero-order valence-corrected chi connectivity index (χ0v) is 15.4. The predicted molar refractivity (Wildman–Crippen MR) is 103 cm³/mol. The lowest BCUT2D eigenvalue weighted by Crippen LogP contribution is -2.36. The van der Waals surface area contributed by atoms with Gasteiger partial charge in [0.05, 0.1) is 18.9 Å². The van der Waals surface area contributed by atoms with Crippen molar-refractivity contribution in [3.8, 4) is 11.3 Å². The summed E-state index contributed by atoms with van der Waals surface area (Å²) in [4.78, 5) is 23.1. The summed E-state index contributed by atoms with van der Waals surface area (Å²) < 4.78 is 7.11. The van der Waals surface area contributed by atoms with Gasteiger partial charge in [0.15, 0.2) is 5.65 Å². The van der Waals surface area contributed by atoms with E-state index in [1.807, 2.05) is 50.4 Å². The number of fused-ring (bicyclic) bond motifs is 1. The molecule has 4 rings (SSSR count). The van der Waals surface area contributed by atoms with Gasteiger partial charge in [-0.05, 0) is 24.3 Å². The molecule has 0 atom stereocenters.